The summed E-state index contributed by atoms with van der Waals surface area (Å²) in [5.74, 6) is 0.708. The fourth-order valence-electron chi connectivity index (χ4n) is 3.50. The Kier molecular flexibility index (Phi) is 7.30. The number of benzene rings is 3. The van der Waals surface area contributed by atoms with Gasteiger partial charge in [-0.3, -0.25) is 14.6 Å². The number of hydrogen-bond acceptors (Lipinski definition) is 4. The van der Waals surface area contributed by atoms with Crippen LogP contribution in [0.3, 0.4) is 0 Å². The van der Waals surface area contributed by atoms with Gasteiger partial charge in [0.15, 0.2) is 0 Å². The van der Waals surface area contributed by atoms with Crippen molar-refractivity contribution in [3.8, 4) is 11.5 Å². The normalized spacial score (nSPS) is 11.3. The van der Waals surface area contributed by atoms with Crippen molar-refractivity contribution in [2.24, 2.45) is 0 Å². The number of carbonyl (C=O) groups is 2. The maximum absolute atomic E-state index is 13.2. The number of ether oxygens (including phenoxy) is 1. The van der Waals surface area contributed by atoms with Crippen LogP contribution in [-0.4, -0.2) is 22.8 Å². The van der Waals surface area contributed by atoms with Gasteiger partial charge in [0.2, 0.25) is 5.91 Å². The fourth-order valence-corrected chi connectivity index (χ4v) is 3.50. The van der Waals surface area contributed by atoms with Crippen molar-refractivity contribution in [3.05, 3.63) is 120 Å². The van der Waals surface area contributed by atoms with Crippen molar-refractivity contribution in [2.75, 3.05) is 5.32 Å². The molecule has 6 heteroatoms. The van der Waals surface area contributed by atoms with Gasteiger partial charge in [0.25, 0.3) is 5.91 Å². The van der Waals surface area contributed by atoms with Gasteiger partial charge in [0.1, 0.15) is 17.5 Å². The first-order valence-electron chi connectivity index (χ1n) is 11.0. The van der Waals surface area contributed by atoms with Crippen LogP contribution in [0.5, 0.6) is 11.5 Å². The van der Waals surface area contributed by atoms with Crippen LogP contribution < -0.4 is 15.4 Å². The minimum Gasteiger partial charge on any atom is -0.455 e. The monoisotopic (exact) mass is 451 g/mol. The van der Waals surface area contributed by atoms with Crippen LogP contribution in [0.4, 0.5) is 5.69 Å². The number of hydrogen-bond donors (Lipinski definition) is 2. The first kappa shape index (κ1) is 22.7. The maximum atomic E-state index is 13.2. The molecule has 6 nitrogen and oxygen atoms in total. The molecule has 0 spiro atoms. The summed E-state index contributed by atoms with van der Waals surface area (Å²) in [7, 11) is 0. The first-order valence-corrected chi connectivity index (χ1v) is 11.0. The van der Waals surface area contributed by atoms with Crippen LogP contribution in [0.25, 0.3) is 0 Å². The molecule has 1 heterocycles. The first-order chi connectivity index (χ1) is 16.6. The molecule has 4 rings (SSSR count). The summed E-state index contributed by atoms with van der Waals surface area (Å²) < 4.78 is 5.86. The molecule has 3 aromatic carbocycles. The molecule has 4 aromatic rings. The highest BCUT2D eigenvalue weighted by atomic mass is 16.5. The zero-order valence-electron chi connectivity index (χ0n) is 18.8. The predicted octanol–water partition coefficient (Wildman–Crippen LogP) is 5.16. The van der Waals surface area contributed by atoms with E-state index in [1.165, 1.54) is 0 Å². The van der Waals surface area contributed by atoms with E-state index in [0.29, 0.717) is 29.2 Å². The average Bonchev–Trinajstić information content (AvgIpc) is 2.87. The van der Waals surface area contributed by atoms with Crippen molar-refractivity contribution < 1.29 is 14.3 Å². The molecule has 2 N–H and O–H groups in total. The number of carbonyl (C=O) groups excluding carboxylic acids is 2. The average molecular weight is 452 g/mol. The van der Waals surface area contributed by atoms with E-state index >= 15 is 0 Å². The van der Waals surface area contributed by atoms with Crippen molar-refractivity contribution in [1.29, 1.82) is 0 Å². The van der Waals surface area contributed by atoms with Gasteiger partial charge >= 0.3 is 0 Å². The Morgan fingerprint density at radius 1 is 0.912 bits per heavy atom. The van der Waals surface area contributed by atoms with Gasteiger partial charge in [0, 0.05) is 23.9 Å². The van der Waals surface area contributed by atoms with E-state index < -0.39 is 6.04 Å². The number of nitrogens with zero attached hydrogens (tertiary/aromatic N) is 1. The summed E-state index contributed by atoms with van der Waals surface area (Å²) in [6, 6.07) is 26.8. The summed E-state index contributed by atoms with van der Waals surface area (Å²) in [6.45, 7) is 1.90. The lowest BCUT2D eigenvalue weighted by Crippen LogP contribution is -2.45. The van der Waals surface area contributed by atoms with Crippen LogP contribution >= 0.6 is 0 Å². The summed E-state index contributed by atoms with van der Waals surface area (Å²) in [4.78, 5) is 30.0. The highest BCUT2D eigenvalue weighted by Crippen LogP contribution is 2.27. The van der Waals surface area contributed by atoms with E-state index in [9.17, 15) is 9.59 Å². The Bertz CT molecular complexity index is 1250. The van der Waals surface area contributed by atoms with Crippen LogP contribution in [0, 0.1) is 6.92 Å². The van der Waals surface area contributed by atoms with E-state index in [1.807, 2.05) is 55.5 Å². The molecule has 1 aromatic heterocycles. The molecule has 170 valence electrons. The van der Waals surface area contributed by atoms with E-state index in [0.717, 1.165) is 11.1 Å². The van der Waals surface area contributed by atoms with E-state index in [1.54, 1.807) is 54.9 Å². The molecule has 0 aliphatic heterocycles. The van der Waals surface area contributed by atoms with Crippen LogP contribution in [0.1, 0.15) is 21.5 Å². The molecule has 0 aliphatic rings. The van der Waals surface area contributed by atoms with Crippen molar-refractivity contribution in [3.63, 3.8) is 0 Å². The van der Waals surface area contributed by atoms with E-state index in [2.05, 4.69) is 15.6 Å². The Balaban J connectivity index is 1.49. The third kappa shape index (κ3) is 6.07. The summed E-state index contributed by atoms with van der Waals surface area (Å²) in [5.41, 5.74) is 2.93. The molecule has 0 saturated carbocycles. The third-order valence-electron chi connectivity index (χ3n) is 5.25. The molecule has 2 amide bonds. The van der Waals surface area contributed by atoms with Gasteiger partial charge in [0.05, 0.1) is 6.20 Å². The quantitative estimate of drug-likeness (QED) is 0.388. The standard InChI is InChI=1S/C28H25N3O3/c1-20-17-23(14-15-26(20)34-24-13-8-16-29-19-24)30-28(33)25(18-21-9-4-2-5-10-21)31-27(32)22-11-6-3-7-12-22/h2-17,19,25H,18H2,1H3,(H,30,33)(H,31,32). The second-order valence-corrected chi connectivity index (χ2v) is 7.84. The zero-order valence-corrected chi connectivity index (χ0v) is 18.8. The van der Waals surface area contributed by atoms with Gasteiger partial charge in [-0.05, 0) is 60.5 Å². The van der Waals surface area contributed by atoms with Crippen molar-refractivity contribution >= 4 is 17.5 Å². The number of aromatic nitrogens is 1. The predicted molar refractivity (Wildman–Crippen MR) is 132 cm³/mol. The molecule has 0 saturated heterocycles. The molecule has 0 aliphatic carbocycles. The molecule has 0 radical (unpaired) electrons. The lowest BCUT2D eigenvalue weighted by Gasteiger charge is -2.19. The summed E-state index contributed by atoms with van der Waals surface area (Å²) in [5, 5.41) is 5.81. The van der Waals surface area contributed by atoms with Gasteiger partial charge in [-0.15, -0.1) is 0 Å². The number of pyridine rings is 1. The molecular formula is C28H25N3O3. The molecule has 1 unspecified atom stereocenters. The van der Waals surface area contributed by atoms with Gasteiger partial charge < -0.3 is 15.4 Å². The number of nitrogens with one attached hydrogen (secondary N) is 2. The number of rotatable bonds is 8. The van der Waals surface area contributed by atoms with Crippen LogP contribution in [0.2, 0.25) is 0 Å². The zero-order chi connectivity index (χ0) is 23.8. The summed E-state index contributed by atoms with van der Waals surface area (Å²) in [6.07, 6.45) is 3.69. The molecular weight excluding hydrogens is 426 g/mol. The number of aryl methyl sites for hydroxylation is 1. The Morgan fingerprint density at radius 3 is 2.32 bits per heavy atom. The van der Waals surface area contributed by atoms with Crippen LogP contribution in [-0.2, 0) is 11.2 Å². The fraction of sp³-hybridized carbons (Fsp3) is 0.107. The summed E-state index contributed by atoms with van der Waals surface area (Å²) >= 11 is 0. The minimum atomic E-state index is -0.748. The van der Waals surface area contributed by atoms with Gasteiger partial charge in [-0.2, -0.15) is 0 Å². The smallest absolute Gasteiger partial charge is 0.251 e. The molecule has 1 atom stereocenters. The molecule has 0 bridgehead atoms. The third-order valence-corrected chi connectivity index (χ3v) is 5.25. The lowest BCUT2D eigenvalue weighted by molar-refractivity contribution is -0.118. The Morgan fingerprint density at radius 2 is 1.65 bits per heavy atom. The number of amides is 2. The van der Waals surface area contributed by atoms with Gasteiger partial charge in [-0.1, -0.05) is 48.5 Å². The van der Waals surface area contributed by atoms with E-state index in [4.69, 9.17) is 4.74 Å². The van der Waals surface area contributed by atoms with Crippen molar-refractivity contribution in [1.82, 2.24) is 10.3 Å². The highest BCUT2D eigenvalue weighted by molar-refractivity contribution is 6.01. The van der Waals surface area contributed by atoms with Gasteiger partial charge in [-0.25, -0.2) is 0 Å². The van der Waals surface area contributed by atoms with Crippen molar-refractivity contribution in [2.45, 2.75) is 19.4 Å². The minimum absolute atomic E-state index is 0.298. The van der Waals surface area contributed by atoms with Crippen LogP contribution in [0.15, 0.2) is 103 Å². The topological polar surface area (TPSA) is 80.3 Å². The Labute approximate surface area is 198 Å². The SMILES string of the molecule is Cc1cc(NC(=O)C(Cc2ccccc2)NC(=O)c2ccccc2)ccc1Oc1cccnc1. The van der Waals surface area contributed by atoms with E-state index in [-0.39, 0.29) is 11.8 Å². The number of anilines is 1. The lowest BCUT2D eigenvalue weighted by atomic mass is 10.0. The second-order valence-electron chi connectivity index (χ2n) is 7.84. The molecule has 34 heavy (non-hydrogen) atoms. The largest absolute Gasteiger partial charge is 0.455 e. The second kappa shape index (κ2) is 10.9. The maximum Gasteiger partial charge on any atom is 0.251 e. The highest BCUT2D eigenvalue weighted by Gasteiger charge is 2.22. The Hall–Kier alpha value is -4.45. The molecule has 0 fully saturated rings.